The van der Waals surface area contributed by atoms with E-state index in [-0.39, 0.29) is 77.2 Å². The number of aliphatic hydroxyl groups excluding tert-OH is 9. The number of hydrogen-bond donors (Lipinski definition) is 20. The molecule has 40 heteroatoms. The molecule has 5 aromatic rings. The predicted molar refractivity (Wildman–Crippen MR) is 476 cm³/mol. The molecule has 23 atom stereocenters. The van der Waals surface area contributed by atoms with Crippen molar-refractivity contribution in [2.45, 2.75) is 292 Å². The van der Waals surface area contributed by atoms with Crippen molar-refractivity contribution in [3.8, 4) is 57.1 Å². The molecule has 11 bridgehead atoms. The molecule has 13 rings (SSSR count). The number of halogens is 2. The van der Waals surface area contributed by atoms with Crippen LogP contribution in [0.2, 0.25) is 10.0 Å². The summed E-state index contributed by atoms with van der Waals surface area (Å²) in [6, 6.07) is 5.89. The Bertz CT molecular complexity index is 4920. The van der Waals surface area contributed by atoms with Gasteiger partial charge in [0.2, 0.25) is 53.7 Å². The maximum absolute atomic E-state index is 16.7. The largest absolute Gasteiger partial charge is 0.507 e. The van der Waals surface area contributed by atoms with Gasteiger partial charge in [0, 0.05) is 73.8 Å². The Morgan fingerprint density at radius 2 is 1.27 bits per heavy atom. The van der Waals surface area contributed by atoms with Gasteiger partial charge in [-0.15, -0.1) is 0 Å². The number of hydrogen-bond acceptors (Lipinski definition) is 32. The van der Waals surface area contributed by atoms with E-state index in [1.165, 1.54) is 68.9 Å². The summed E-state index contributed by atoms with van der Waals surface area (Å²) in [6.45, 7) is 9.84. The summed E-state index contributed by atoms with van der Waals surface area (Å²) in [7, 11) is 0. The van der Waals surface area contributed by atoms with Crippen LogP contribution in [-0.4, -0.2) is 245 Å². The molecule has 5 unspecified atom stereocenters. The van der Waals surface area contributed by atoms with Crippen molar-refractivity contribution in [3.63, 3.8) is 0 Å². The Morgan fingerprint density at radius 1 is 0.662 bits per heavy atom. The molecule has 0 aromatic heterocycles. The third kappa shape index (κ3) is 25.4. The number of ether oxygens (including phenoxy) is 9. The minimum atomic E-state index is -2.27. The maximum Gasteiger partial charge on any atom is 0.295 e. The maximum atomic E-state index is 16.7. The average molecular weight is 1900 g/mol. The molecule has 0 spiro atoms. The van der Waals surface area contributed by atoms with Gasteiger partial charge in [0.1, 0.15) is 102 Å². The molecule has 730 valence electrons. The third-order valence-corrected chi connectivity index (χ3v) is 25.8. The van der Waals surface area contributed by atoms with Crippen LogP contribution in [0.25, 0.3) is 11.1 Å². The van der Waals surface area contributed by atoms with Gasteiger partial charge in [-0.05, 0) is 122 Å². The van der Waals surface area contributed by atoms with Crippen molar-refractivity contribution in [3.05, 3.63) is 116 Å². The van der Waals surface area contributed by atoms with E-state index in [4.69, 9.17) is 71.6 Å². The normalized spacial score (nSPS) is 28.8. The van der Waals surface area contributed by atoms with Gasteiger partial charge >= 0.3 is 0 Å². The van der Waals surface area contributed by atoms with Crippen LogP contribution >= 0.6 is 23.2 Å². The molecule has 0 radical (unpaired) electrons. The summed E-state index contributed by atoms with van der Waals surface area (Å²) < 4.78 is 56.9. The van der Waals surface area contributed by atoms with E-state index in [0.717, 1.165) is 81.5 Å². The fourth-order valence-corrected chi connectivity index (χ4v) is 18.3. The summed E-state index contributed by atoms with van der Waals surface area (Å²) in [6.07, 6.45) is -15.9. The lowest BCUT2D eigenvalue weighted by atomic mass is 9.84. The lowest BCUT2D eigenvalue weighted by Gasteiger charge is -2.48. The summed E-state index contributed by atoms with van der Waals surface area (Å²) in [4.78, 5) is 132. The monoisotopic (exact) mass is 1900 g/mol. The SMILES string of the molecule is CCCCCCCCCCCCCNC1(C)C[C@H](O[C@@H]2C(O)C(O)[C@@H](CO)O[C@H]2Oc2c3cc4cc2Oc2ccc(cc2Cl)[C@@H](O)[C@@H](NC(=O)[C@H](CC)CC(C)C)C(=O)C[C@@H](CC(N)=O)C(=O)N[C@H]4C(=O)C[C@@H]2C(=O)N[C@H](C(=O)N[C@H](OC=O)c4cc(O)c(CNCCO[C@@H]5OC(CO)[C@@H](O)[C@H](O)C5NC(C)=O)c(O)c4-c4cc2ccc4O)[C@H](O)c2ccc(c(Cl)c2)O3)O[C@@H](C)[C@H]1O. The van der Waals surface area contributed by atoms with Gasteiger partial charge in [0.25, 0.3) is 6.47 Å². The number of aromatic hydroxyl groups is 3. The molecule has 133 heavy (non-hydrogen) atoms. The first kappa shape index (κ1) is 104. The fraction of sp³-hybridized carbons (Fsp3) is 0.581. The van der Waals surface area contributed by atoms with Gasteiger partial charge in [0.15, 0.2) is 41.7 Å². The lowest BCUT2D eigenvalue weighted by molar-refractivity contribution is -0.334. The Hall–Kier alpha value is -9.53. The van der Waals surface area contributed by atoms with E-state index in [0.29, 0.717) is 13.0 Å². The van der Waals surface area contributed by atoms with Crippen LogP contribution in [0.4, 0.5) is 0 Å². The first-order valence-corrected chi connectivity index (χ1v) is 46.0. The number of aliphatic hydroxyl groups is 9. The highest BCUT2D eigenvalue weighted by Gasteiger charge is 2.53. The Morgan fingerprint density at radius 3 is 1.86 bits per heavy atom. The molecule has 5 aromatic carbocycles. The van der Waals surface area contributed by atoms with Crippen LogP contribution in [-0.2, 0) is 78.1 Å². The van der Waals surface area contributed by atoms with Crippen LogP contribution in [0.15, 0.2) is 72.8 Å². The molecule has 0 saturated carbocycles. The Balaban J connectivity index is 1.06. The minimum Gasteiger partial charge on any atom is -0.507 e. The second kappa shape index (κ2) is 47.3. The van der Waals surface area contributed by atoms with Gasteiger partial charge in [-0.25, -0.2) is 0 Å². The number of amides is 6. The van der Waals surface area contributed by atoms with Gasteiger partial charge in [-0.2, -0.15) is 0 Å². The molecule has 8 aliphatic heterocycles. The minimum absolute atomic E-state index is 0.0414. The van der Waals surface area contributed by atoms with E-state index in [2.05, 4.69) is 44.1 Å². The molecular weight excluding hydrogens is 1780 g/mol. The van der Waals surface area contributed by atoms with E-state index in [9.17, 15) is 80.5 Å². The molecular formula is C93H124Cl2N8O30. The highest BCUT2D eigenvalue weighted by molar-refractivity contribution is 6.32. The van der Waals surface area contributed by atoms with Crippen LogP contribution in [0.3, 0.4) is 0 Å². The number of ketones is 2. The quantitative estimate of drug-likeness (QED) is 0.0174. The first-order chi connectivity index (χ1) is 63.4. The highest BCUT2D eigenvalue weighted by Crippen LogP contribution is 2.52. The Kier molecular flexibility index (Phi) is 37.0. The number of benzene rings is 5. The molecule has 0 aliphatic carbocycles. The molecule has 8 aliphatic rings. The Labute approximate surface area is 778 Å². The second-order valence-corrected chi connectivity index (χ2v) is 36.3. The van der Waals surface area contributed by atoms with E-state index >= 15 is 24.0 Å². The smallest absolute Gasteiger partial charge is 0.295 e. The molecule has 6 amide bonds. The summed E-state index contributed by atoms with van der Waals surface area (Å²) in [5, 5.41) is 159. The van der Waals surface area contributed by atoms with Gasteiger partial charge in [0.05, 0.1) is 59.5 Å². The molecule has 3 saturated heterocycles. The zero-order valence-corrected chi connectivity index (χ0v) is 76.6. The molecule has 3 fully saturated rings. The van der Waals surface area contributed by atoms with E-state index in [1.54, 1.807) is 20.8 Å². The summed E-state index contributed by atoms with van der Waals surface area (Å²) in [5.74, 6) is -18.2. The van der Waals surface area contributed by atoms with E-state index < -0.39 is 288 Å². The van der Waals surface area contributed by atoms with Crippen LogP contribution < -0.4 is 57.2 Å². The number of fused-ring (bicyclic) bond motifs is 15. The lowest BCUT2D eigenvalue weighted by Crippen LogP contribution is -2.65. The topological polar surface area (TPSA) is 590 Å². The van der Waals surface area contributed by atoms with Gasteiger partial charge in [-0.1, -0.05) is 133 Å². The molecule has 21 N–H and O–H groups in total. The zero-order valence-electron chi connectivity index (χ0n) is 75.1. The summed E-state index contributed by atoms with van der Waals surface area (Å²) in [5.41, 5.74) is 1.97. The number of carbonyl (C=O) groups is 9. The van der Waals surface area contributed by atoms with Crippen molar-refractivity contribution >= 4 is 76.7 Å². The first-order valence-electron chi connectivity index (χ1n) is 45.2. The molecule has 8 heterocycles. The average Bonchev–Trinajstić information content (AvgIpc) is 0.754. The van der Waals surface area contributed by atoms with Crippen LogP contribution in [0, 0.1) is 17.8 Å². The third-order valence-electron chi connectivity index (χ3n) is 25.2. The van der Waals surface area contributed by atoms with Crippen molar-refractivity contribution < 1.29 is 147 Å². The van der Waals surface area contributed by atoms with Crippen molar-refractivity contribution in [1.82, 2.24) is 37.2 Å². The number of nitrogens with one attached hydrogen (secondary N) is 7. The van der Waals surface area contributed by atoms with Gasteiger partial charge in [-0.3, -0.25) is 43.2 Å². The number of nitrogens with two attached hydrogens (primary N) is 1. The van der Waals surface area contributed by atoms with E-state index in [1.807, 2.05) is 13.8 Å². The van der Waals surface area contributed by atoms with Gasteiger partial charge < -0.3 is 147 Å². The number of phenols is 3. The number of phenolic OH excluding ortho intramolecular Hbond substituents is 3. The number of rotatable bonds is 35. The zero-order chi connectivity index (χ0) is 96.6. The number of carbonyl (C=O) groups excluding carboxylic acids is 9. The van der Waals surface area contributed by atoms with Crippen molar-refractivity contribution in [1.29, 1.82) is 0 Å². The standard InChI is InChI=1S/C93H124Cl2N8O30/c1-8-10-11-12-13-14-15-16-17-18-19-26-98-93(7)39-70(127-45(5)85(93)120)132-84-82(119)80(117)68(42-105)131-92(84)133-83-65-34-51-35-66(83)129-64-25-22-50(32-58(64)95)77(114)74-89(124)103-90(126-43-106)55-38-60(109)56(40-97-27-28-125-91-75(99-46(6)107)81(118)79(116)67(41-104)130-91)78(115)71(55)54-30-48(20-23-59(54)108)53(88(123)102-74)37-62(111)72(51)100-87(122)52(36-69(96)112)33-61(110)73(101-86(121)47(9-2)29-44(3)4)76(113)49-21-24-63(128-65)57(94)31-49/h20-25,30-32,34-35,38,43-45,47,52-53,67-68,70,72-77,79-82,84-85,90-92,97-98,104-105,108-109,113-120H,8-19,26-29,33,36-37,39-42H2,1-7H3,(H2,96,112)(H,99,107)(H,100,122)(H,101,121)(H,102,123)(H,103,124)/t45-,47+,52-,53-,67?,68+,70-,72+,73-,74-,75?,76+,77+,79+,80?,81+,82?,84+,85+,90+,91+,92-,93?/m0/s1. The highest BCUT2D eigenvalue weighted by atomic mass is 35.5. The second-order valence-electron chi connectivity index (χ2n) is 35.5. The number of Topliss-reactive ketones (excluding diaryl/α,β-unsaturated/α-hetero) is 2. The fourth-order valence-electron chi connectivity index (χ4n) is 17.8. The number of unbranched alkanes of at least 4 members (excludes halogenated alkanes) is 10. The molecule has 38 nitrogen and oxygen atoms in total. The summed E-state index contributed by atoms with van der Waals surface area (Å²) >= 11 is 14.5. The van der Waals surface area contributed by atoms with Crippen LogP contribution in [0.1, 0.15) is 221 Å². The number of primary amides is 1. The van der Waals surface area contributed by atoms with Crippen LogP contribution in [0.5, 0.6) is 46.0 Å². The van der Waals surface area contributed by atoms with Crippen molar-refractivity contribution in [2.75, 3.05) is 32.9 Å². The predicted octanol–water partition coefficient (Wildman–Crippen LogP) is 5.56. The van der Waals surface area contributed by atoms with Crippen molar-refractivity contribution in [2.24, 2.45) is 23.5 Å².